The summed E-state index contributed by atoms with van der Waals surface area (Å²) in [6, 6.07) is 14.6. The Bertz CT molecular complexity index is 912. The van der Waals surface area contributed by atoms with E-state index in [-0.39, 0.29) is 0 Å². The fraction of sp³-hybridized carbons (Fsp3) is 0.238. The molecule has 5 nitrogen and oxygen atoms in total. The molecule has 1 aromatic heterocycles. The number of guanidine groups is 1. The second-order valence-electron chi connectivity index (χ2n) is 6.58. The normalized spacial score (nSPS) is 14.1. The van der Waals surface area contributed by atoms with Crippen molar-refractivity contribution < 1.29 is 0 Å². The van der Waals surface area contributed by atoms with Gasteiger partial charge in [0.25, 0.3) is 0 Å². The number of aryl methyl sites for hydroxylation is 1. The smallest absolute Gasteiger partial charge is 0.193 e. The first-order valence-corrected chi connectivity index (χ1v) is 9.05. The van der Waals surface area contributed by atoms with E-state index in [0.717, 1.165) is 29.8 Å². The molecule has 0 fully saturated rings. The molecule has 2 aromatic carbocycles. The summed E-state index contributed by atoms with van der Waals surface area (Å²) in [6.07, 6.45) is 10.3. The molecule has 5 heteroatoms. The van der Waals surface area contributed by atoms with Gasteiger partial charge in [0.05, 0.1) is 18.6 Å². The minimum atomic E-state index is 0.449. The van der Waals surface area contributed by atoms with Crippen LogP contribution in [0.2, 0.25) is 0 Å². The fourth-order valence-electron chi connectivity index (χ4n) is 3.54. The Hall–Kier alpha value is -3.08. The third-order valence-electron chi connectivity index (χ3n) is 4.85. The van der Waals surface area contributed by atoms with Crippen LogP contribution in [-0.4, -0.2) is 15.5 Å². The molecule has 26 heavy (non-hydrogen) atoms. The Labute approximate surface area is 153 Å². The van der Waals surface area contributed by atoms with Gasteiger partial charge in [-0.2, -0.15) is 0 Å². The van der Waals surface area contributed by atoms with Gasteiger partial charge in [0.1, 0.15) is 0 Å². The zero-order chi connectivity index (χ0) is 17.8. The third-order valence-corrected chi connectivity index (χ3v) is 4.85. The van der Waals surface area contributed by atoms with Crippen molar-refractivity contribution in [1.29, 1.82) is 0 Å². The number of aromatic nitrogens is 2. The molecule has 1 aliphatic rings. The average Bonchev–Trinajstić information content (AvgIpc) is 3.21. The fourth-order valence-corrected chi connectivity index (χ4v) is 3.54. The molecular formula is C21H23N5. The van der Waals surface area contributed by atoms with Gasteiger partial charge in [-0.25, -0.2) is 9.98 Å². The van der Waals surface area contributed by atoms with Gasteiger partial charge in [0, 0.05) is 18.1 Å². The minimum Gasteiger partial charge on any atom is -0.370 e. The molecule has 3 aromatic rings. The van der Waals surface area contributed by atoms with Gasteiger partial charge in [0.2, 0.25) is 0 Å². The van der Waals surface area contributed by atoms with Gasteiger partial charge in [-0.05, 0) is 54.5 Å². The van der Waals surface area contributed by atoms with E-state index in [9.17, 15) is 0 Å². The van der Waals surface area contributed by atoms with Crippen LogP contribution in [0.3, 0.4) is 0 Å². The maximum atomic E-state index is 6.18. The lowest BCUT2D eigenvalue weighted by molar-refractivity contribution is 0.687. The lowest BCUT2D eigenvalue weighted by Crippen LogP contribution is -2.24. The molecule has 132 valence electrons. The topological polar surface area (TPSA) is 68.2 Å². The summed E-state index contributed by atoms with van der Waals surface area (Å²) in [7, 11) is 0. The van der Waals surface area contributed by atoms with Crippen molar-refractivity contribution in [2.75, 3.05) is 5.32 Å². The van der Waals surface area contributed by atoms with Crippen LogP contribution >= 0.6 is 0 Å². The Morgan fingerprint density at radius 3 is 2.88 bits per heavy atom. The predicted octanol–water partition coefficient (Wildman–Crippen LogP) is 3.68. The quantitative estimate of drug-likeness (QED) is 0.560. The molecule has 4 rings (SSSR count). The van der Waals surface area contributed by atoms with Gasteiger partial charge in [0.15, 0.2) is 5.96 Å². The zero-order valence-corrected chi connectivity index (χ0v) is 14.7. The van der Waals surface area contributed by atoms with Crippen LogP contribution in [0.15, 0.2) is 66.2 Å². The lowest BCUT2D eigenvalue weighted by Gasteiger charge is -2.19. The SMILES string of the molecule is NC(=NCc1ccccc1-n1ccnc1)Nc1cccc2c1CCCC2. The number of para-hydroxylation sites is 1. The summed E-state index contributed by atoms with van der Waals surface area (Å²) in [5, 5.41) is 3.30. The number of benzene rings is 2. The number of nitrogens with one attached hydrogen (secondary N) is 1. The molecule has 0 aliphatic heterocycles. The molecule has 0 spiro atoms. The molecule has 0 atom stereocenters. The van der Waals surface area contributed by atoms with Gasteiger partial charge in [-0.1, -0.05) is 30.3 Å². The predicted molar refractivity (Wildman–Crippen MR) is 106 cm³/mol. The first-order chi connectivity index (χ1) is 12.8. The molecule has 0 radical (unpaired) electrons. The highest BCUT2D eigenvalue weighted by atomic mass is 15.1. The average molecular weight is 345 g/mol. The van der Waals surface area contributed by atoms with Crippen molar-refractivity contribution in [3.05, 3.63) is 77.9 Å². The monoisotopic (exact) mass is 345 g/mol. The van der Waals surface area contributed by atoms with Crippen LogP contribution in [0.5, 0.6) is 0 Å². The maximum absolute atomic E-state index is 6.18. The van der Waals surface area contributed by atoms with Gasteiger partial charge >= 0.3 is 0 Å². The largest absolute Gasteiger partial charge is 0.370 e. The summed E-state index contributed by atoms with van der Waals surface area (Å²) >= 11 is 0. The van der Waals surface area contributed by atoms with Crippen LogP contribution in [0.1, 0.15) is 29.5 Å². The van der Waals surface area contributed by atoms with E-state index >= 15 is 0 Å². The Morgan fingerprint density at radius 1 is 1.12 bits per heavy atom. The first kappa shape index (κ1) is 16.4. The molecule has 1 aliphatic carbocycles. The van der Waals surface area contributed by atoms with E-state index < -0.39 is 0 Å². The maximum Gasteiger partial charge on any atom is 0.193 e. The highest BCUT2D eigenvalue weighted by Gasteiger charge is 2.13. The molecule has 3 N–H and O–H groups in total. The molecule has 0 saturated heterocycles. The molecule has 0 saturated carbocycles. The van der Waals surface area contributed by atoms with Crippen molar-refractivity contribution in [2.45, 2.75) is 32.2 Å². The number of hydrogen-bond acceptors (Lipinski definition) is 2. The van der Waals surface area contributed by atoms with E-state index in [2.05, 4.69) is 45.6 Å². The van der Waals surface area contributed by atoms with Crippen LogP contribution < -0.4 is 11.1 Å². The summed E-state index contributed by atoms with van der Waals surface area (Å²) < 4.78 is 1.99. The highest BCUT2D eigenvalue weighted by molar-refractivity contribution is 5.93. The number of imidazole rings is 1. The Kier molecular flexibility index (Phi) is 4.69. The molecule has 0 amide bonds. The number of aliphatic imine (C=N–C) groups is 1. The van der Waals surface area contributed by atoms with Crippen LogP contribution in [-0.2, 0) is 19.4 Å². The lowest BCUT2D eigenvalue weighted by atomic mass is 9.90. The second-order valence-corrected chi connectivity index (χ2v) is 6.58. The number of nitrogens with zero attached hydrogens (tertiary/aromatic N) is 3. The summed E-state index contributed by atoms with van der Waals surface area (Å²) in [5.74, 6) is 0.449. The highest BCUT2D eigenvalue weighted by Crippen LogP contribution is 2.27. The van der Waals surface area contributed by atoms with Crippen molar-refractivity contribution in [1.82, 2.24) is 9.55 Å². The summed E-state index contributed by atoms with van der Waals surface area (Å²) in [6.45, 7) is 0.516. The van der Waals surface area contributed by atoms with Crippen LogP contribution in [0.4, 0.5) is 5.69 Å². The van der Waals surface area contributed by atoms with E-state index in [1.807, 2.05) is 22.9 Å². The van der Waals surface area contributed by atoms with Crippen LogP contribution in [0.25, 0.3) is 5.69 Å². The molecular weight excluding hydrogens is 322 g/mol. The first-order valence-electron chi connectivity index (χ1n) is 9.05. The molecule has 0 unspecified atom stereocenters. The van der Waals surface area contributed by atoms with E-state index in [0.29, 0.717) is 12.5 Å². The van der Waals surface area contributed by atoms with Gasteiger partial charge in [-0.15, -0.1) is 0 Å². The molecule has 0 bridgehead atoms. The van der Waals surface area contributed by atoms with Crippen LogP contribution in [0, 0.1) is 0 Å². The van der Waals surface area contributed by atoms with Crippen molar-refractivity contribution >= 4 is 11.6 Å². The number of hydrogen-bond donors (Lipinski definition) is 2. The van der Waals surface area contributed by atoms with Crippen molar-refractivity contribution in [3.8, 4) is 5.69 Å². The van der Waals surface area contributed by atoms with E-state index in [4.69, 9.17) is 5.73 Å². The number of anilines is 1. The van der Waals surface area contributed by atoms with E-state index in [1.54, 1.807) is 12.5 Å². The number of nitrogens with two attached hydrogens (primary N) is 1. The van der Waals surface area contributed by atoms with E-state index in [1.165, 1.54) is 24.0 Å². The number of rotatable bonds is 4. The van der Waals surface area contributed by atoms with Crippen molar-refractivity contribution in [3.63, 3.8) is 0 Å². The third kappa shape index (κ3) is 3.47. The number of fused-ring (bicyclic) bond motifs is 1. The Balaban J connectivity index is 1.52. The van der Waals surface area contributed by atoms with Gasteiger partial charge in [-0.3, -0.25) is 0 Å². The van der Waals surface area contributed by atoms with Crippen molar-refractivity contribution in [2.24, 2.45) is 10.7 Å². The summed E-state index contributed by atoms with van der Waals surface area (Å²) in [5.41, 5.74) is 12.2. The molecule has 1 heterocycles. The summed E-state index contributed by atoms with van der Waals surface area (Å²) in [4.78, 5) is 8.68. The zero-order valence-electron chi connectivity index (χ0n) is 14.7. The standard InChI is InChI=1S/C21H23N5/c22-21(25-19-10-5-8-16-6-1-3-9-18(16)19)24-14-17-7-2-4-11-20(17)26-13-12-23-15-26/h2,4-5,7-8,10-13,15H,1,3,6,9,14H2,(H3,22,24,25). The Morgan fingerprint density at radius 2 is 2.00 bits per heavy atom. The second kappa shape index (κ2) is 7.44. The van der Waals surface area contributed by atoms with Gasteiger partial charge < -0.3 is 15.6 Å². The minimum absolute atomic E-state index is 0.449.